The lowest BCUT2D eigenvalue weighted by Crippen LogP contribution is -2.21. The van der Waals surface area contributed by atoms with Gasteiger partial charge in [-0.25, -0.2) is 0 Å². The molecule has 0 saturated heterocycles. The van der Waals surface area contributed by atoms with Crippen molar-refractivity contribution in [1.29, 1.82) is 0 Å². The zero-order chi connectivity index (χ0) is 23.0. The first-order valence-electron chi connectivity index (χ1n) is 11.0. The first-order valence-corrected chi connectivity index (χ1v) is 11.0. The molecule has 0 aliphatic rings. The van der Waals surface area contributed by atoms with E-state index in [1.165, 1.54) is 5.56 Å². The van der Waals surface area contributed by atoms with Crippen molar-refractivity contribution in [2.45, 2.75) is 18.9 Å². The van der Waals surface area contributed by atoms with E-state index in [4.69, 9.17) is 19.0 Å². The van der Waals surface area contributed by atoms with Crippen LogP contribution in [0.3, 0.4) is 0 Å². The molecule has 0 saturated carbocycles. The normalized spacial score (nSPS) is 11.2. The fraction of sp³-hybridized carbons (Fsp3) is 0.259. The van der Waals surface area contributed by atoms with Gasteiger partial charge in [0.2, 0.25) is 5.89 Å². The maximum atomic E-state index is 5.64. The highest BCUT2D eigenvalue weighted by molar-refractivity contribution is 5.43. The third kappa shape index (κ3) is 5.59. The average molecular weight is 444 g/mol. The minimum atomic E-state index is -0.0676. The quantitative estimate of drug-likeness (QED) is 0.346. The van der Waals surface area contributed by atoms with Crippen LogP contribution in [0.4, 0.5) is 0 Å². The molecule has 0 radical (unpaired) electrons. The molecule has 0 unspecified atom stereocenters. The maximum absolute atomic E-state index is 5.64. The lowest BCUT2D eigenvalue weighted by molar-refractivity contribution is 0.268. The van der Waals surface area contributed by atoms with Gasteiger partial charge in [0.15, 0.2) is 17.3 Å². The van der Waals surface area contributed by atoms with Crippen molar-refractivity contribution in [3.05, 3.63) is 107 Å². The summed E-state index contributed by atoms with van der Waals surface area (Å²) in [5.41, 5.74) is 3.45. The molecule has 1 aromatic heterocycles. The molecule has 4 rings (SSSR count). The zero-order valence-corrected chi connectivity index (χ0v) is 19.3. The highest BCUT2D eigenvalue weighted by Crippen LogP contribution is 2.30. The van der Waals surface area contributed by atoms with Crippen LogP contribution in [0.15, 0.2) is 83.4 Å². The standard InChI is InChI=1S/C27H29N3O3/c1-30(17-16-20-14-15-23(31-2)24(18-20)32-3)19-25-28-27(29-33-25)26(21-10-6-4-7-11-21)22-12-8-5-9-13-22/h4-15,18,26H,16-17,19H2,1-3H3. The summed E-state index contributed by atoms with van der Waals surface area (Å²) < 4.78 is 16.4. The summed E-state index contributed by atoms with van der Waals surface area (Å²) in [6, 6.07) is 26.6. The van der Waals surface area contributed by atoms with E-state index in [0.717, 1.165) is 35.6 Å². The molecule has 33 heavy (non-hydrogen) atoms. The number of nitrogens with zero attached hydrogens (tertiary/aromatic N) is 3. The summed E-state index contributed by atoms with van der Waals surface area (Å²) in [6.07, 6.45) is 0.870. The minimum absolute atomic E-state index is 0.0676. The van der Waals surface area contributed by atoms with E-state index in [1.54, 1.807) is 14.2 Å². The summed E-state index contributed by atoms with van der Waals surface area (Å²) in [4.78, 5) is 6.93. The number of hydrogen-bond donors (Lipinski definition) is 0. The van der Waals surface area contributed by atoms with Crippen LogP contribution in [0.5, 0.6) is 11.5 Å². The van der Waals surface area contributed by atoms with Gasteiger partial charge in [0.25, 0.3) is 0 Å². The monoisotopic (exact) mass is 443 g/mol. The van der Waals surface area contributed by atoms with Crippen LogP contribution in [-0.4, -0.2) is 42.9 Å². The maximum Gasteiger partial charge on any atom is 0.240 e. The van der Waals surface area contributed by atoms with E-state index in [1.807, 2.05) is 48.5 Å². The van der Waals surface area contributed by atoms with Gasteiger partial charge < -0.3 is 14.0 Å². The zero-order valence-electron chi connectivity index (χ0n) is 19.3. The number of hydrogen-bond acceptors (Lipinski definition) is 6. The largest absolute Gasteiger partial charge is 0.493 e. The van der Waals surface area contributed by atoms with Gasteiger partial charge in [-0.2, -0.15) is 4.98 Å². The molecular formula is C27H29N3O3. The number of ether oxygens (including phenoxy) is 2. The molecule has 0 atom stereocenters. The van der Waals surface area contributed by atoms with Gasteiger partial charge in [0, 0.05) is 6.54 Å². The lowest BCUT2D eigenvalue weighted by atomic mass is 9.91. The smallest absolute Gasteiger partial charge is 0.240 e. The Balaban J connectivity index is 1.44. The van der Waals surface area contributed by atoms with Gasteiger partial charge in [-0.05, 0) is 42.3 Å². The van der Waals surface area contributed by atoms with Crippen LogP contribution < -0.4 is 9.47 Å². The van der Waals surface area contributed by atoms with E-state index in [2.05, 4.69) is 47.4 Å². The van der Waals surface area contributed by atoms with Gasteiger partial charge in [-0.1, -0.05) is 71.9 Å². The van der Waals surface area contributed by atoms with Crippen LogP contribution in [-0.2, 0) is 13.0 Å². The first-order chi connectivity index (χ1) is 16.2. The Kier molecular flexibility index (Phi) is 7.37. The van der Waals surface area contributed by atoms with Crippen molar-refractivity contribution >= 4 is 0 Å². The van der Waals surface area contributed by atoms with Gasteiger partial charge in [-0.3, -0.25) is 4.90 Å². The molecule has 0 aliphatic heterocycles. The molecular weight excluding hydrogens is 414 g/mol. The summed E-state index contributed by atoms with van der Waals surface area (Å²) in [6.45, 7) is 1.42. The Labute approximate surface area is 194 Å². The van der Waals surface area contributed by atoms with E-state index < -0.39 is 0 Å². The average Bonchev–Trinajstić information content (AvgIpc) is 3.31. The molecule has 0 bridgehead atoms. The Hall–Kier alpha value is -3.64. The molecule has 170 valence electrons. The minimum Gasteiger partial charge on any atom is -0.493 e. The van der Waals surface area contributed by atoms with Crippen molar-refractivity contribution in [3.8, 4) is 11.5 Å². The molecule has 0 spiro atoms. The number of methoxy groups -OCH3 is 2. The fourth-order valence-corrected chi connectivity index (χ4v) is 3.90. The Bertz CT molecular complexity index is 1110. The van der Waals surface area contributed by atoms with Crippen LogP contribution >= 0.6 is 0 Å². The topological polar surface area (TPSA) is 60.6 Å². The molecule has 6 nitrogen and oxygen atoms in total. The summed E-state index contributed by atoms with van der Waals surface area (Å²) in [5.74, 6) is 2.70. The fourth-order valence-electron chi connectivity index (χ4n) is 3.90. The van der Waals surface area contributed by atoms with E-state index in [0.29, 0.717) is 18.3 Å². The highest BCUT2D eigenvalue weighted by atomic mass is 16.5. The second-order valence-corrected chi connectivity index (χ2v) is 7.98. The molecule has 0 N–H and O–H groups in total. The molecule has 0 aliphatic carbocycles. The van der Waals surface area contributed by atoms with Crippen LogP contribution in [0.25, 0.3) is 0 Å². The number of rotatable bonds is 10. The van der Waals surface area contributed by atoms with Crippen molar-refractivity contribution in [2.75, 3.05) is 27.8 Å². The third-order valence-electron chi connectivity index (χ3n) is 5.64. The van der Waals surface area contributed by atoms with Gasteiger partial charge in [-0.15, -0.1) is 0 Å². The predicted octanol–water partition coefficient (Wildman–Crippen LogP) is 4.94. The Morgan fingerprint density at radius 3 is 2.09 bits per heavy atom. The molecule has 3 aromatic carbocycles. The Morgan fingerprint density at radius 2 is 1.48 bits per heavy atom. The van der Waals surface area contributed by atoms with Gasteiger partial charge >= 0.3 is 0 Å². The van der Waals surface area contributed by atoms with E-state index in [9.17, 15) is 0 Å². The summed E-state index contributed by atoms with van der Waals surface area (Å²) >= 11 is 0. The third-order valence-corrected chi connectivity index (χ3v) is 5.64. The van der Waals surface area contributed by atoms with Crippen molar-refractivity contribution < 1.29 is 14.0 Å². The summed E-state index contributed by atoms with van der Waals surface area (Å²) in [5, 5.41) is 4.34. The molecule has 0 amide bonds. The molecule has 6 heteroatoms. The van der Waals surface area contributed by atoms with Crippen LogP contribution in [0.1, 0.15) is 34.3 Å². The molecule has 0 fully saturated rings. The van der Waals surface area contributed by atoms with Crippen molar-refractivity contribution in [2.24, 2.45) is 0 Å². The highest BCUT2D eigenvalue weighted by Gasteiger charge is 2.22. The first kappa shape index (κ1) is 22.6. The van der Waals surface area contributed by atoms with Crippen molar-refractivity contribution in [1.82, 2.24) is 15.0 Å². The van der Waals surface area contributed by atoms with E-state index >= 15 is 0 Å². The number of likely N-dealkylation sites (N-methyl/N-ethyl adjacent to an activating group) is 1. The van der Waals surface area contributed by atoms with Crippen LogP contribution in [0, 0.1) is 0 Å². The van der Waals surface area contributed by atoms with Gasteiger partial charge in [0.05, 0.1) is 26.7 Å². The summed E-state index contributed by atoms with van der Waals surface area (Å²) in [7, 11) is 5.35. The molecule has 1 heterocycles. The second-order valence-electron chi connectivity index (χ2n) is 7.98. The number of aromatic nitrogens is 2. The molecule has 4 aromatic rings. The Morgan fingerprint density at radius 1 is 0.848 bits per heavy atom. The van der Waals surface area contributed by atoms with Crippen molar-refractivity contribution in [3.63, 3.8) is 0 Å². The number of benzene rings is 3. The predicted molar refractivity (Wildman–Crippen MR) is 128 cm³/mol. The second kappa shape index (κ2) is 10.8. The van der Waals surface area contributed by atoms with E-state index in [-0.39, 0.29) is 5.92 Å². The van der Waals surface area contributed by atoms with Gasteiger partial charge in [0.1, 0.15) is 0 Å². The SMILES string of the molecule is COc1ccc(CCN(C)Cc2nc(C(c3ccccc3)c3ccccc3)no2)cc1OC. The van der Waals surface area contributed by atoms with Crippen LogP contribution in [0.2, 0.25) is 0 Å². The lowest BCUT2D eigenvalue weighted by Gasteiger charge is -2.15.